The maximum absolute atomic E-state index is 12.7. The molecule has 0 radical (unpaired) electrons. The summed E-state index contributed by atoms with van der Waals surface area (Å²) in [6, 6.07) is 3.31. The fourth-order valence-electron chi connectivity index (χ4n) is 2.56. The van der Waals surface area contributed by atoms with Crippen LogP contribution >= 0.6 is 12.2 Å². The molecule has 0 amide bonds. The minimum absolute atomic E-state index is 0.0134. The lowest BCUT2D eigenvalue weighted by Crippen LogP contribution is -2.40. The number of rotatable bonds is 5. The van der Waals surface area contributed by atoms with Gasteiger partial charge in [-0.3, -0.25) is 4.98 Å². The molecule has 8 heteroatoms. The van der Waals surface area contributed by atoms with Crippen LogP contribution in [-0.2, 0) is 10.0 Å². The third kappa shape index (κ3) is 3.39. The molecule has 1 unspecified atom stereocenters. The Kier molecular flexibility index (Phi) is 4.92. The Morgan fingerprint density at radius 3 is 2.90 bits per heavy atom. The number of aromatic nitrogens is 1. The van der Waals surface area contributed by atoms with Crippen LogP contribution in [0.4, 0.5) is 0 Å². The van der Waals surface area contributed by atoms with Crippen LogP contribution in [0.25, 0.3) is 0 Å². The smallest absolute Gasteiger partial charge is 0.245 e. The lowest BCUT2D eigenvalue weighted by atomic mass is 10.2. The van der Waals surface area contributed by atoms with Crippen molar-refractivity contribution < 1.29 is 8.42 Å². The van der Waals surface area contributed by atoms with Crippen molar-refractivity contribution in [1.82, 2.24) is 14.2 Å². The first-order chi connectivity index (χ1) is 9.84. The third-order valence-electron chi connectivity index (χ3n) is 3.83. The van der Waals surface area contributed by atoms with Crippen LogP contribution in [0.15, 0.2) is 23.2 Å². The number of nitrogens with zero attached hydrogens (tertiary/aromatic N) is 3. The summed E-state index contributed by atoms with van der Waals surface area (Å²) in [5.74, 6) is 0. The molecule has 0 spiro atoms. The lowest BCUT2D eigenvalue weighted by Gasteiger charge is -2.25. The average molecular weight is 328 g/mol. The number of likely N-dealkylation sites (N-methyl/N-ethyl adjacent to an activating group) is 2. The van der Waals surface area contributed by atoms with Gasteiger partial charge in [0.05, 0.1) is 0 Å². The molecule has 0 saturated carbocycles. The number of likely N-dealkylation sites (tertiary alicyclic amines) is 1. The van der Waals surface area contributed by atoms with Crippen LogP contribution in [0.1, 0.15) is 18.5 Å². The second kappa shape index (κ2) is 6.35. The van der Waals surface area contributed by atoms with Crippen molar-refractivity contribution in [3.05, 3.63) is 24.0 Å². The molecule has 1 atom stereocenters. The van der Waals surface area contributed by atoms with E-state index in [4.69, 9.17) is 18.0 Å². The van der Waals surface area contributed by atoms with Crippen molar-refractivity contribution in [2.45, 2.75) is 23.8 Å². The van der Waals surface area contributed by atoms with Crippen LogP contribution in [-0.4, -0.2) is 60.8 Å². The van der Waals surface area contributed by atoms with Gasteiger partial charge >= 0.3 is 0 Å². The van der Waals surface area contributed by atoms with E-state index in [0.29, 0.717) is 6.54 Å². The van der Waals surface area contributed by atoms with Crippen LogP contribution < -0.4 is 5.73 Å². The molecule has 0 aliphatic carbocycles. The van der Waals surface area contributed by atoms with Gasteiger partial charge in [0, 0.05) is 25.8 Å². The molecule has 116 valence electrons. The number of sulfonamides is 1. The zero-order valence-electron chi connectivity index (χ0n) is 12.2. The Bertz CT molecular complexity index is 633. The van der Waals surface area contributed by atoms with E-state index in [2.05, 4.69) is 9.88 Å². The summed E-state index contributed by atoms with van der Waals surface area (Å²) in [5.41, 5.74) is 5.73. The second-order valence-corrected chi connectivity index (χ2v) is 7.73. The molecule has 0 aromatic carbocycles. The molecule has 1 aliphatic rings. The molecule has 1 aliphatic heterocycles. The molecule has 2 N–H and O–H groups in total. The Hall–Kier alpha value is -1.09. The quantitative estimate of drug-likeness (QED) is 0.790. The average Bonchev–Trinajstić information content (AvgIpc) is 2.84. The van der Waals surface area contributed by atoms with E-state index < -0.39 is 10.0 Å². The number of hydrogen-bond donors (Lipinski definition) is 1. The summed E-state index contributed by atoms with van der Waals surface area (Å²) in [6.07, 6.45) is 3.59. The summed E-state index contributed by atoms with van der Waals surface area (Å²) >= 11 is 4.89. The van der Waals surface area contributed by atoms with Crippen molar-refractivity contribution in [3.8, 4) is 0 Å². The molecule has 1 fully saturated rings. The van der Waals surface area contributed by atoms with Gasteiger partial charge in [-0.05, 0) is 38.6 Å². The van der Waals surface area contributed by atoms with Gasteiger partial charge < -0.3 is 10.6 Å². The Morgan fingerprint density at radius 1 is 1.62 bits per heavy atom. The number of nitrogens with two attached hydrogens (primary N) is 1. The van der Waals surface area contributed by atoms with E-state index in [0.717, 1.165) is 19.4 Å². The van der Waals surface area contributed by atoms with E-state index in [-0.39, 0.29) is 21.6 Å². The first kappa shape index (κ1) is 16.3. The fraction of sp³-hybridized carbons (Fsp3) is 0.538. The van der Waals surface area contributed by atoms with Crippen LogP contribution in [0.5, 0.6) is 0 Å². The summed E-state index contributed by atoms with van der Waals surface area (Å²) in [4.78, 5) is 6.23. The highest BCUT2D eigenvalue weighted by atomic mass is 32.2. The van der Waals surface area contributed by atoms with Crippen molar-refractivity contribution >= 4 is 27.2 Å². The maximum Gasteiger partial charge on any atom is 0.245 e. The molecule has 1 saturated heterocycles. The van der Waals surface area contributed by atoms with E-state index in [1.165, 1.54) is 16.6 Å². The van der Waals surface area contributed by atoms with E-state index in [9.17, 15) is 8.42 Å². The second-order valence-electron chi connectivity index (χ2n) is 5.28. The van der Waals surface area contributed by atoms with Crippen LogP contribution in [0.3, 0.4) is 0 Å². The molecule has 1 aromatic heterocycles. The molecular formula is C13H20N4O2S2. The standard InChI is InChI=1S/C13H20N4O2S2/c1-16-8-4-5-10(16)9-17(2)21(18,19)11-6-3-7-15-12(11)13(14)20/h3,6-7,10H,4-5,8-9H2,1-2H3,(H2,14,20). The van der Waals surface area contributed by atoms with Gasteiger partial charge in [0.2, 0.25) is 10.0 Å². The van der Waals surface area contributed by atoms with Gasteiger partial charge in [-0.25, -0.2) is 8.42 Å². The SMILES string of the molecule is CN1CCCC1CN(C)S(=O)(=O)c1cccnc1C(N)=S. The number of pyridine rings is 1. The minimum atomic E-state index is -3.65. The normalized spacial score (nSPS) is 20.0. The van der Waals surface area contributed by atoms with Gasteiger partial charge in [0.1, 0.15) is 15.6 Å². The van der Waals surface area contributed by atoms with Gasteiger partial charge in [-0.15, -0.1) is 0 Å². The predicted molar refractivity (Wildman–Crippen MR) is 85.6 cm³/mol. The van der Waals surface area contributed by atoms with E-state index in [1.54, 1.807) is 13.1 Å². The molecule has 2 rings (SSSR count). The zero-order chi connectivity index (χ0) is 15.6. The largest absolute Gasteiger partial charge is 0.388 e. The fourth-order valence-corrected chi connectivity index (χ4v) is 4.15. The first-order valence-corrected chi connectivity index (χ1v) is 8.60. The zero-order valence-corrected chi connectivity index (χ0v) is 13.8. The van der Waals surface area contributed by atoms with Crippen molar-refractivity contribution in [1.29, 1.82) is 0 Å². The topological polar surface area (TPSA) is 79.5 Å². The Morgan fingerprint density at radius 2 is 2.33 bits per heavy atom. The Balaban J connectivity index is 2.27. The highest BCUT2D eigenvalue weighted by molar-refractivity contribution is 7.89. The van der Waals surface area contributed by atoms with Crippen molar-refractivity contribution in [2.24, 2.45) is 5.73 Å². The van der Waals surface area contributed by atoms with Gasteiger partial charge in [-0.1, -0.05) is 12.2 Å². The van der Waals surface area contributed by atoms with E-state index >= 15 is 0 Å². The maximum atomic E-state index is 12.7. The van der Waals surface area contributed by atoms with Crippen molar-refractivity contribution in [3.63, 3.8) is 0 Å². The molecular weight excluding hydrogens is 308 g/mol. The molecule has 21 heavy (non-hydrogen) atoms. The lowest BCUT2D eigenvalue weighted by molar-refractivity contribution is 0.271. The molecule has 1 aromatic rings. The van der Waals surface area contributed by atoms with Crippen molar-refractivity contribution in [2.75, 3.05) is 27.2 Å². The highest BCUT2D eigenvalue weighted by Gasteiger charge is 2.30. The van der Waals surface area contributed by atoms with E-state index in [1.807, 2.05) is 7.05 Å². The van der Waals surface area contributed by atoms with Gasteiger partial charge in [-0.2, -0.15) is 4.31 Å². The van der Waals surface area contributed by atoms with Crippen LogP contribution in [0, 0.1) is 0 Å². The summed E-state index contributed by atoms with van der Waals surface area (Å²) in [6.45, 7) is 1.45. The third-order valence-corrected chi connectivity index (χ3v) is 5.88. The Labute approximate surface area is 131 Å². The molecule has 2 heterocycles. The predicted octanol–water partition coefficient (Wildman–Crippen LogP) is 0.431. The van der Waals surface area contributed by atoms with Gasteiger partial charge in [0.15, 0.2) is 0 Å². The minimum Gasteiger partial charge on any atom is -0.388 e. The highest BCUT2D eigenvalue weighted by Crippen LogP contribution is 2.21. The summed E-state index contributed by atoms with van der Waals surface area (Å²) < 4.78 is 26.8. The summed E-state index contributed by atoms with van der Waals surface area (Å²) in [5, 5.41) is 0. The summed E-state index contributed by atoms with van der Waals surface area (Å²) in [7, 11) is -0.0512. The van der Waals surface area contributed by atoms with Crippen LogP contribution in [0.2, 0.25) is 0 Å². The first-order valence-electron chi connectivity index (χ1n) is 6.75. The monoisotopic (exact) mass is 328 g/mol. The molecule has 0 bridgehead atoms. The number of hydrogen-bond acceptors (Lipinski definition) is 5. The number of thiocarbonyl (C=S) groups is 1. The van der Waals surface area contributed by atoms with Gasteiger partial charge in [0.25, 0.3) is 0 Å². The molecule has 6 nitrogen and oxygen atoms in total.